The minimum absolute atomic E-state index is 0.228. The van der Waals surface area contributed by atoms with Gasteiger partial charge in [0.1, 0.15) is 0 Å². The van der Waals surface area contributed by atoms with E-state index in [2.05, 4.69) is 24.4 Å². The Bertz CT molecular complexity index is 466. The third-order valence-electron chi connectivity index (χ3n) is 4.48. The molecule has 0 spiro atoms. The number of hydrogen-bond acceptors (Lipinski definition) is 3. The van der Waals surface area contributed by atoms with Gasteiger partial charge in [-0.1, -0.05) is 12.1 Å². The monoisotopic (exact) mass is 275 g/mol. The topological polar surface area (TPSA) is 30.5 Å². The van der Waals surface area contributed by atoms with Crippen LogP contribution in [0.3, 0.4) is 0 Å². The Morgan fingerprint density at radius 3 is 3.00 bits per heavy atom. The van der Waals surface area contributed by atoms with Gasteiger partial charge in [0, 0.05) is 19.8 Å². The molecule has 2 atom stereocenters. The van der Waals surface area contributed by atoms with Crippen LogP contribution in [0, 0.1) is 6.92 Å². The van der Waals surface area contributed by atoms with Gasteiger partial charge in [0.25, 0.3) is 0 Å². The van der Waals surface area contributed by atoms with Crippen molar-refractivity contribution in [2.75, 3.05) is 20.3 Å². The third-order valence-corrected chi connectivity index (χ3v) is 4.48. The van der Waals surface area contributed by atoms with Crippen molar-refractivity contribution < 1.29 is 9.47 Å². The van der Waals surface area contributed by atoms with Crippen LogP contribution in [0.4, 0.5) is 0 Å². The number of methoxy groups -OCH3 is 1. The summed E-state index contributed by atoms with van der Waals surface area (Å²) < 4.78 is 11.5. The first-order valence-electron chi connectivity index (χ1n) is 7.76. The molecule has 0 bridgehead atoms. The summed E-state index contributed by atoms with van der Waals surface area (Å²) in [5.41, 5.74) is 5.54. The van der Waals surface area contributed by atoms with E-state index in [-0.39, 0.29) is 6.10 Å². The van der Waals surface area contributed by atoms with Crippen LogP contribution in [0.15, 0.2) is 12.1 Å². The van der Waals surface area contributed by atoms with E-state index in [1.807, 2.05) is 0 Å². The van der Waals surface area contributed by atoms with E-state index < -0.39 is 0 Å². The van der Waals surface area contributed by atoms with Crippen LogP contribution < -0.4 is 5.32 Å². The van der Waals surface area contributed by atoms with Gasteiger partial charge in [-0.15, -0.1) is 0 Å². The number of ether oxygens (including phenoxy) is 2. The highest BCUT2D eigenvalue weighted by Gasteiger charge is 2.31. The standard InChI is InChI=1S/C17H25NO2/c1-12-9-13(11-19-2)10-14-5-4-8-20-17(16(12)14)15-6-3-7-18-15/h9-10,15,17-18H,3-8,11H2,1-2H3/t15-,17-/m1/s1. The molecule has 1 aromatic carbocycles. The number of fused-ring (bicyclic) bond motifs is 1. The molecule has 0 amide bonds. The van der Waals surface area contributed by atoms with Crippen LogP contribution in [0.1, 0.15) is 47.6 Å². The molecule has 1 N–H and O–H groups in total. The Hall–Kier alpha value is -0.900. The van der Waals surface area contributed by atoms with Gasteiger partial charge < -0.3 is 14.8 Å². The molecule has 0 aromatic heterocycles. The van der Waals surface area contributed by atoms with Crippen LogP contribution in [0.25, 0.3) is 0 Å². The summed E-state index contributed by atoms with van der Waals surface area (Å²) >= 11 is 0. The summed E-state index contributed by atoms with van der Waals surface area (Å²) in [5.74, 6) is 0. The molecule has 1 aromatic rings. The number of aryl methyl sites for hydroxylation is 2. The molecule has 0 saturated carbocycles. The number of nitrogens with one attached hydrogen (secondary N) is 1. The van der Waals surface area contributed by atoms with Gasteiger partial charge in [0.05, 0.1) is 12.7 Å². The number of rotatable bonds is 3. The summed E-state index contributed by atoms with van der Waals surface area (Å²) in [7, 11) is 1.76. The van der Waals surface area contributed by atoms with Crippen LogP contribution in [0.5, 0.6) is 0 Å². The molecular formula is C17H25NO2. The van der Waals surface area contributed by atoms with Crippen LogP contribution in [0.2, 0.25) is 0 Å². The van der Waals surface area contributed by atoms with E-state index in [9.17, 15) is 0 Å². The molecule has 0 unspecified atom stereocenters. The lowest BCUT2D eigenvalue weighted by Gasteiger charge is -2.26. The lowest BCUT2D eigenvalue weighted by Crippen LogP contribution is -2.31. The fourth-order valence-electron chi connectivity index (χ4n) is 3.66. The SMILES string of the molecule is COCc1cc(C)c2c(c1)CCCO[C@@H]2[C@H]1CCCN1. The van der Waals surface area contributed by atoms with Gasteiger partial charge in [-0.2, -0.15) is 0 Å². The maximum absolute atomic E-state index is 6.20. The largest absolute Gasteiger partial charge is 0.380 e. The molecule has 2 aliphatic heterocycles. The van der Waals surface area contributed by atoms with Gasteiger partial charge in [-0.3, -0.25) is 0 Å². The first kappa shape index (κ1) is 14.1. The maximum Gasteiger partial charge on any atom is 0.0982 e. The Morgan fingerprint density at radius 2 is 2.25 bits per heavy atom. The minimum Gasteiger partial charge on any atom is -0.380 e. The summed E-state index contributed by atoms with van der Waals surface area (Å²) in [6.45, 7) is 4.91. The molecule has 0 radical (unpaired) electrons. The summed E-state index contributed by atoms with van der Waals surface area (Å²) in [5, 5.41) is 3.61. The smallest absolute Gasteiger partial charge is 0.0982 e. The zero-order valence-corrected chi connectivity index (χ0v) is 12.6. The van der Waals surface area contributed by atoms with Crippen molar-refractivity contribution >= 4 is 0 Å². The van der Waals surface area contributed by atoms with E-state index in [0.29, 0.717) is 12.6 Å². The molecule has 110 valence electrons. The molecule has 20 heavy (non-hydrogen) atoms. The molecule has 3 heteroatoms. The normalized spacial score (nSPS) is 26.3. The molecule has 2 aliphatic rings. The zero-order chi connectivity index (χ0) is 13.9. The maximum atomic E-state index is 6.20. The fourth-order valence-corrected chi connectivity index (χ4v) is 3.66. The molecule has 0 aliphatic carbocycles. The average molecular weight is 275 g/mol. The molecule has 1 fully saturated rings. The van der Waals surface area contributed by atoms with E-state index in [1.54, 1.807) is 7.11 Å². The number of benzene rings is 1. The highest BCUT2D eigenvalue weighted by atomic mass is 16.5. The van der Waals surface area contributed by atoms with E-state index >= 15 is 0 Å². The van der Waals surface area contributed by atoms with Crippen molar-refractivity contribution in [1.29, 1.82) is 0 Å². The van der Waals surface area contributed by atoms with Gasteiger partial charge in [-0.25, -0.2) is 0 Å². The Morgan fingerprint density at radius 1 is 1.35 bits per heavy atom. The van der Waals surface area contributed by atoms with Crippen LogP contribution >= 0.6 is 0 Å². The molecule has 3 rings (SSSR count). The average Bonchev–Trinajstić information content (AvgIpc) is 2.86. The second kappa shape index (κ2) is 6.25. The van der Waals surface area contributed by atoms with E-state index in [0.717, 1.165) is 26.0 Å². The molecule has 1 saturated heterocycles. The predicted octanol–water partition coefficient (Wildman–Crippen LogP) is 2.90. The van der Waals surface area contributed by atoms with Gasteiger partial charge in [-0.05, 0) is 61.4 Å². The second-order valence-electron chi connectivity index (χ2n) is 6.02. The summed E-state index contributed by atoms with van der Waals surface area (Å²) in [6, 6.07) is 5.07. The molecular weight excluding hydrogens is 250 g/mol. The minimum atomic E-state index is 0.228. The molecule has 3 nitrogen and oxygen atoms in total. The van der Waals surface area contributed by atoms with Crippen molar-refractivity contribution in [3.05, 3.63) is 34.4 Å². The third kappa shape index (κ3) is 2.76. The lowest BCUT2D eigenvalue weighted by molar-refractivity contribution is 0.0329. The van der Waals surface area contributed by atoms with Crippen LogP contribution in [-0.4, -0.2) is 26.3 Å². The van der Waals surface area contributed by atoms with Crippen molar-refractivity contribution in [1.82, 2.24) is 5.32 Å². The fraction of sp³-hybridized carbons (Fsp3) is 0.647. The second-order valence-corrected chi connectivity index (χ2v) is 6.02. The summed E-state index contributed by atoms with van der Waals surface area (Å²) in [6.07, 6.45) is 4.96. The first-order valence-corrected chi connectivity index (χ1v) is 7.76. The van der Waals surface area contributed by atoms with E-state index in [4.69, 9.17) is 9.47 Å². The Labute approximate surface area is 121 Å². The predicted molar refractivity (Wildman–Crippen MR) is 79.9 cm³/mol. The van der Waals surface area contributed by atoms with Crippen molar-refractivity contribution in [2.45, 2.75) is 51.4 Å². The van der Waals surface area contributed by atoms with Gasteiger partial charge in [0.2, 0.25) is 0 Å². The van der Waals surface area contributed by atoms with Crippen molar-refractivity contribution in [2.24, 2.45) is 0 Å². The number of hydrogen-bond donors (Lipinski definition) is 1. The first-order chi connectivity index (χ1) is 9.79. The van der Waals surface area contributed by atoms with Crippen molar-refractivity contribution in [3.8, 4) is 0 Å². The van der Waals surface area contributed by atoms with Crippen molar-refractivity contribution in [3.63, 3.8) is 0 Å². The van der Waals surface area contributed by atoms with Crippen LogP contribution in [-0.2, 0) is 22.5 Å². The lowest BCUT2D eigenvalue weighted by atomic mass is 9.89. The highest BCUT2D eigenvalue weighted by Crippen LogP contribution is 2.35. The summed E-state index contributed by atoms with van der Waals surface area (Å²) in [4.78, 5) is 0. The van der Waals surface area contributed by atoms with Gasteiger partial charge in [0.15, 0.2) is 0 Å². The quantitative estimate of drug-likeness (QED) is 0.920. The highest BCUT2D eigenvalue weighted by molar-refractivity contribution is 5.41. The zero-order valence-electron chi connectivity index (χ0n) is 12.6. The van der Waals surface area contributed by atoms with Gasteiger partial charge >= 0.3 is 0 Å². The molecule has 2 heterocycles. The Balaban J connectivity index is 1.97. The van der Waals surface area contributed by atoms with E-state index in [1.165, 1.54) is 35.1 Å². The Kier molecular flexibility index (Phi) is 4.39.